The van der Waals surface area contributed by atoms with Gasteiger partial charge in [-0.25, -0.2) is 8.42 Å². The van der Waals surface area contributed by atoms with Gasteiger partial charge >= 0.3 is 0 Å². The molecule has 0 spiro atoms. The van der Waals surface area contributed by atoms with Crippen LogP contribution in [0.5, 0.6) is 5.75 Å². The lowest BCUT2D eigenvalue weighted by atomic mass is 10.1. The van der Waals surface area contributed by atoms with E-state index in [9.17, 15) is 13.2 Å². The first kappa shape index (κ1) is 22.2. The van der Waals surface area contributed by atoms with Crippen LogP contribution in [0.1, 0.15) is 38.7 Å². The Labute approximate surface area is 188 Å². The third-order valence-electron chi connectivity index (χ3n) is 5.46. The highest BCUT2D eigenvalue weighted by Gasteiger charge is 2.30. The van der Waals surface area contributed by atoms with Crippen LogP contribution in [0.4, 0.5) is 5.69 Å². The highest BCUT2D eigenvalue weighted by atomic mass is 32.2. The van der Waals surface area contributed by atoms with Crippen molar-refractivity contribution in [1.82, 2.24) is 4.31 Å². The predicted octanol–water partition coefficient (Wildman–Crippen LogP) is 4.30. The maximum absolute atomic E-state index is 13.1. The molecule has 0 bridgehead atoms. The van der Waals surface area contributed by atoms with E-state index in [-0.39, 0.29) is 22.2 Å². The molecule has 31 heavy (non-hydrogen) atoms. The Balaban J connectivity index is 1.59. The minimum atomic E-state index is -3.61. The first-order valence-electron chi connectivity index (χ1n) is 10.7. The van der Waals surface area contributed by atoms with Crippen molar-refractivity contribution in [2.45, 2.75) is 60.7 Å². The molecule has 0 aromatic heterocycles. The molecular weight excluding hydrogens is 432 g/mol. The zero-order chi connectivity index (χ0) is 22.0. The number of nitrogens with one attached hydrogen (secondary N) is 1. The Kier molecular flexibility index (Phi) is 6.60. The monoisotopic (exact) mass is 460 g/mol. The first-order valence-corrected chi connectivity index (χ1v) is 13.0. The van der Waals surface area contributed by atoms with Crippen molar-refractivity contribution in [3.63, 3.8) is 0 Å². The van der Waals surface area contributed by atoms with Crippen molar-refractivity contribution in [2.24, 2.45) is 0 Å². The molecule has 2 aromatic rings. The molecule has 2 aliphatic heterocycles. The third kappa shape index (κ3) is 4.91. The minimum absolute atomic E-state index is 0.106. The van der Waals surface area contributed by atoms with Gasteiger partial charge in [-0.1, -0.05) is 24.6 Å². The summed E-state index contributed by atoms with van der Waals surface area (Å²) >= 11 is 1.54. The van der Waals surface area contributed by atoms with E-state index in [1.165, 1.54) is 22.1 Å². The SMILES string of the molecule is CC(C)Oc1ccc(S(=O)(=O)N2CCCCC2)cc1NC(=O)C1Cc2ccccc2S1. The molecule has 2 aromatic carbocycles. The van der Waals surface area contributed by atoms with Crippen LogP contribution in [0.3, 0.4) is 0 Å². The van der Waals surface area contributed by atoms with E-state index < -0.39 is 10.0 Å². The van der Waals surface area contributed by atoms with Gasteiger partial charge in [0.25, 0.3) is 0 Å². The molecule has 2 aliphatic rings. The van der Waals surface area contributed by atoms with Gasteiger partial charge in [-0.05, 0) is 62.9 Å². The molecule has 4 rings (SSSR count). The average Bonchev–Trinajstić information content (AvgIpc) is 3.19. The van der Waals surface area contributed by atoms with Crippen LogP contribution in [0.25, 0.3) is 0 Å². The molecule has 0 radical (unpaired) electrons. The van der Waals surface area contributed by atoms with E-state index in [0.29, 0.717) is 30.9 Å². The van der Waals surface area contributed by atoms with Crippen LogP contribution in [0, 0.1) is 0 Å². The number of piperidine rings is 1. The average molecular weight is 461 g/mol. The van der Waals surface area contributed by atoms with Gasteiger partial charge in [-0.3, -0.25) is 4.79 Å². The number of ether oxygens (including phenoxy) is 1. The van der Waals surface area contributed by atoms with Crippen LogP contribution in [0.15, 0.2) is 52.3 Å². The van der Waals surface area contributed by atoms with E-state index in [1.807, 2.05) is 38.1 Å². The van der Waals surface area contributed by atoms with E-state index in [4.69, 9.17) is 4.74 Å². The smallest absolute Gasteiger partial charge is 0.243 e. The van der Waals surface area contributed by atoms with E-state index in [2.05, 4.69) is 5.32 Å². The number of hydrogen-bond acceptors (Lipinski definition) is 5. The van der Waals surface area contributed by atoms with Crippen LogP contribution < -0.4 is 10.1 Å². The number of anilines is 1. The molecule has 2 heterocycles. The topological polar surface area (TPSA) is 75.7 Å². The van der Waals surface area contributed by atoms with Gasteiger partial charge in [-0.2, -0.15) is 4.31 Å². The number of sulfonamides is 1. The molecule has 1 atom stereocenters. The molecule has 1 unspecified atom stereocenters. The molecule has 166 valence electrons. The first-order chi connectivity index (χ1) is 14.8. The lowest BCUT2D eigenvalue weighted by Gasteiger charge is -2.26. The largest absolute Gasteiger partial charge is 0.489 e. The van der Waals surface area contributed by atoms with Crippen molar-refractivity contribution in [3.8, 4) is 5.75 Å². The molecule has 1 amide bonds. The fourth-order valence-corrected chi connectivity index (χ4v) is 6.66. The van der Waals surface area contributed by atoms with E-state index >= 15 is 0 Å². The number of nitrogens with zero attached hydrogens (tertiary/aromatic N) is 1. The van der Waals surface area contributed by atoms with Gasteiger partial charge in [-0.15, -0.1) is 11.8 Å². The molecule has 0 saturated carbocycles. The summed E-state index contributed by atoms with van der Waals surface area (Å²) in [6.45, 7) is 4.86. The lowest BCUT2D eigenvalue weighted by Crippen LogP contribution is -2.35. The summed E-state index contributed by atoms with van der Waals surface area (Å²) < 4.78 is 33.6. The minimum Gasteiger partial charge on any atom is -0.489 e. The van der Waals surface area contributed by atoms with Crippen LogP contribution >= 0.6 is 11.8 Å². The predicted molar refractivity (Wildman–Crippen MR) is 123 cm³/mol. The van der Waals surface area contributed by atoms with Gasteiger partial charge in [0.2, 0.25) is 15.9 Å². The molecule has 6 nitrogen and oxygen atoms in total. The summed E-state index contributed by atoms with van der Waals surface area (Å²) in [5.74, 6) is 0.323. The zero-order valence-corrected chi connectivity index (χ0v) is 19.5. The summed E-state index contributed by atoms with van der Waals surface area (Å²) in [5, 5.41) is 2.68. The van der Waals surface area contributed by atoms with Crippen LogP contribution in [-0.4, -0.2) is 43.1 Å². The van der Waals surface area contributed by atoms with Gasteiger partial charge in [0, 0.05) is 18.0 Å². The summed E-state index contributed by atoms with van der Waals surface area (Å²) in [6.07, 6.45) is 3.34. The van der Waals surface area contributed by atoms with Crippen LogP contribution in [-0.2, 0) is 21.2 Å². The second-order valence-corrected chi connectivity index (χ2v) is 11.4. The maximum atomic E-state index is 13.1. The normalized spacial score (nSPS) is 19.3. The quantitative estimate of drug-likeness (QED) is 0.695. The summed E-state index contributed by atoms with van der Waals surface area (Å²) in [5.41, 5.74) is 1.56. The number of rotatable bonds is 6. The van der Waals surface area contributed by atoms with Gasteiger partial charge < -0.3 is 10.1 Å². The summed E-state index contributed by atoms with van der Waals surface area (Å²) in [4.78, 5) is 14.3. The number of thioether (sulfide) groups is 1. The number of carbonyl (C=O) groups is 1. The zero-order valence-electron chi connectivity index (χ0n) is 17.8. The number of amides is 1. The van der Waals surface area contributed by atoms with Crippen molar-refractivity contribution in [2.75, 3.05) is 18.4 Å². The fraction of sp³-hybridized carbons (Fsp3) is 0.435. The van der Waals surface area contributed by atoms with Gasteiger partial charge in [0.05, 0.1) is 21.9 Å². The van der Waals surface area contributed by atoms with Crippen molar-refractivity contribution in [1.29, 1.82) is 0 Å². The molecule has 1 N–H and O–H groups in total. The van der Waals surface area contributed by atoms with Gasteiger partial charge in [0.15, 0.2) is 0 Å². The fourth-order valence-electron chi connectivity index (χ4n) is 3.92. The summed E-state index contributed by atoms with van der Waals surface area (Å²) in [6, 6.07) is 12.7. The Hall–Kier alpha value is -2.03. The van der Waals surface area contributed by atoms with Crippen molar-refractivity contribution >= 4 is 33.4 Å². The van der Waals surface area contributed by atoms with E-state index in [1.54, 1.807) is 12.1 Å². The van der Waals surface area contributed by atoms with E-state index in [0.717, 1.165) is 29.7 Å². The molecular formula is C23H28N2O4S2. The Morgan fingerprint density at radius 1 is 1.13 bits per heavy atom. The maximum Gasteiger partial charge on any atom is 0.243 e. The standard InChI is InChI=1S/C23H28N2O4S2/c1-16(2)29-20-11-10-18(31(27,28)25-12-6-3-7-13-25)15-19(20)24-23(26)22-14-17-8-4-5-9-21(17)30-22/h4-5,8-11,15-16,22H,3,6-7,12-14H2,1-2H3,(H,24,26). The molecule has 8 heteroatoms. The third-order valence-corrected chi connectivity index (χ3v) is 8.68. The summed E-state index contributed by atoms with van der Waals surface area (Å²) in [7, 11) is -3.61. The second-order valence-electron chi connectivity index (χ2n) is 8.20. The highest BCUT2D eigenvalue weighted by molar-refractivity contribution is 8.01. The van der Waals surface area contributed by atoms with Crippen molar-refractivity contribution < 1.29 is 17.9 Å². The number of fused-ring (bicyclic) bond motifs is 1. The number of hydrogen-bond donors (Lipinski definition) is 1. The van der Waals surface area contributed by atoms with Gasteiger partial charge in [0.1, 0.15) is 5.75 Å². The molecule has 1 saturated heterocycles. The highest BCUT2D eigenvalue weighted by Crippen LogP contribution is 2.38. The second kappa shape index (κ2) is 9.22. The number of carbonyl (C=O) groups excluding carboxylic acids is 1. The lowest BCUT2D eigenvalue weighted by molar-refractivity contribution is -0.115. The molecule has 1 fully saturated rings. The van der Waals surface area contributed by atoms with Crippen LogP contribution in [0.2, 0.25) is 0 Å². The Morgan fingerprint density at radius 3 is 2.58 bits per heavy atom. The Morgan fingerprint density at radius 2 is 1.87 bits per heavy atom. The molecule has 0 aliphatic carbocycles. The number of benzene rings is 2. The van der Waals surface area contributed by atoms with Crippen molar-refractivity contribution in [3.05, 3.63) is 48.0 Å². The Bertz CT molecular complexity index is 1040.